The van der Waals surface area contributed by atoms with E-state index in [1.165, 1.54) is 19.1 Å². The Kier molecular flexibility index (Phi) is 7.13. The molecule has 0 radical (unpaired) electrons. The zero-order valence-electron chi connectivity index (χ0n) is 21.0. The molecule has 1 aliphatic heterocycles. The number of fused-ring (bicyclic) bond motifs is 1. The molecule has 1 N–H and O–H groups in total. The Balaban J connectivity index is 1.59. The van der Waals surface area contributed by atoms with E-state index in [4.69, 9.17) is 9.72 Å². The molecule has 0 spiro atoms. The van der Waals surface area contributed by atoms with Gasteiger partial charge in [-0.2, -0.15) is 13.2 Å². The molecule has 38 heavy (non-hydrogen) atoms. The molecule has 0 saturated carbocycles. The van der Waals surface area contributed by atoms with Gasteiger partial charge in [-0.25, -0.2) is 15.0 Å². The first-order valence-corrected chi connectivity index (χ1v) is 12.3. The number of aromatic nitrogens is 4. The van der Waals surface area contributed by atoms with Gasteiger partial charge in [0.1, 0.15) is 17.8 Å². The summed E-state index contributed by atoms with van der Waals surface area (Å²) in [6.45, 7) is 6.27. The van der Waals surface area contributed by atoms with E-state index in [9.17, 15) is 18.0 Å². The lowest BCUT2D eigenvalue weighted by Gasteiger charge is -2.32. The van der Waals surface area contributed by atoms with Gasteiger partial charge in [0.2, 0.25) is 0 Å². The maximum absolute atomic E-state index is 13.6. The third-order valence-electron chi connectivity index (χ3n) is 6.46. The number of nitrogens with one attached hydrogen (secondary N) is 1. The summed E-state index contributed by atoms with van der Waals surface area (Å²) < 4.78 is 46.8. The van der Waals surface area contributed by atoms with Crippen LogP contribution in [0.2, 0.25) is 0 Å². The predicted molar refractivity (Wildman–Crippen MR) is 138 cm³/mol. The molecular formula is C27H27F3N6O2. The normalized spacial score (nSPS) is 15.2. The minimum absolute atomic E-state index is 0.191. The molecule has 1 fully saturated rings. The minimum atomic E-state index is -4.62. The van der Waals surface area contributed by atoms with E-state index >= 15 is 0 Å². The topological polar surface area (TPSA) is 87.2 Å². The molecule has 1 aliphatic rings. The fourth-order valence-electron chi connectivity index (χ4n) is 4.45. The highest BCUT2D eigenvalue weighted by Crippen LogP contribution is 2.36. The molecule has 11 heteroatoms. The van der Waals surface area contributed by atoms with Crippen LogP contribution < -0.4 is 10.3 Å². The van der Waals surface area contributed by atoms with Crippen LogP contribution in [0.15, 0.2) is 53.3 Å². The van der Waals surface area contributed by atoms with Crippen molar-refractivity contribution in [3.05, 3.63) is 70.3 Å². The summed E-state index contributed by atoms with van der Waals surface area (Å²) in [6, 6.07) is 12.8. The molecule has 4 heterocycles. The van der Waals surface area contributed by atoms with Gasteiger partial charge in [-0.05, 0) is 26.1 Å². The lowest BCUT2D eigenvalue weighted by Crippen LogP contribution is -2.45. The van der Waals surface area contributed by atoms with E-state index in [1.54, 1.807) is 24.3 Å². The first-order valence-electron chi connectivity index (χ1n) is 12.3. The van der Waals surface area contributed by atoms with Gasteiger partial charge in [0.25, 0.3) is 5.56 Å². The third-order valence-corrected chi connectivity index (χ3v) is 6.46. The van der Waals surface area contributed by atoms with Crippen LogP contribution in [0.25, 0.3) is 33.7 Å². The zero-order valence-corrected chi connectivity index (χ0v) is 21.0. The lowest BCUT2D eigenvalue weighted by atomic mass is 10.0. The second kappa shape index (κ2) is 10.5. The molecule has 1 saturated heterocycles. The van der Waals surface area contributed by atoms with Crippen LogP contribution in [0.1, 0.15) is 11.4 Å². The van der Waals surface area contributed by atoms with Gasteiger partial charge in [0.05, 0.1) is 11.4 Å². The summed E-state index contributed by atoms with van der Waals surface area (Å²) in [5.74, 6) is 0.230. The Labute approximate surface area is 217 Å². The summed E-state index contributed by atoms with van der Waals surface area (Å²) >= 11 is 0. The number of pyridine rings is 2. The Morgan fingerprint density at radius 1 is 0.947 bits per heavy atom. The van der Waals surface area contributed by atoms with Crippen LogP contribution in [0.4, 0.5) is 13.2 Å². The number of likely N-dealkylation sites (N-methyl/N-ethyl adjacent to an activating group) is 1. The molecule has 0 atom stereocenters. The quantitative estimate of drug-likeness (QED) is 0.408. The van der Waals surface area contributed by atoms with Crippen molar-refractivity contribution in [1.82, 2.24) is 29.7 Å². The SMILES string of the molecule is Cc1cc(-c2nc3c(OCCN4CCN(C)CC4)cc(=O)[nH]c3nc2-c2ccccc2)cc(C(F)(F)F)n1. The van der Waals surface area contributed by atoms with Crippen LogP contribution in [-0.2, 0) is 6.18 Å². The number of hydrogen-bond acceptors (Lipinski definition) is 7. The molecule has 8 nitrogen and oxygen atoms in total. The van der Waals surface area contributed by atoms with E-state index in [0.717, 1.165) is 32.2 Å². The molecule has 1 aromatic carbocycles. The smallest absolute Gasteiger partial charge is 0.433 e. The maximum atomic E-state index is 13.6. The van der Waals surface area contributed by atoms with Crippen molar-refractivity contribution >= 4 is 11.2 Å². The molecule has 0 bridgehead atoms. The molecule has 0 unspecified atom stereocenters. The van der Waals surface area contributed by atoms with Gasteiger partial charge in [0.15, 0.2) is 11.4 Å². The van der Waals surface area contributed by atoms with E-state index < -0.39 is 17.4 Å². The van der Waals surface area contributed by atoms with Crippen LogP contribution in [0, 0.1) is 6.92 Å². The predicted octanol–water partition coefficient (Wildman–Crippen LogP) is 4.00. The maximum Gasteiger partial charge on any atom is 0.433 e. The van der Waals surface area contributed by atoms with Gasteiger partial charge < -0.3 is 14.6 Å². The highest BCUT2D eigenvalue weighted by atomic mass is 19.4. The van der Waals surface area contributed by atoms with Crippen LogP contribution in [-0.4, -0.2) is 76.1 Å². The van der Waals surface area contributed by atoms with Crippen molar-refractivity contribution in [2.45, 2.75) is 13.1 Å². The van der Waals surface area contributed by atoms with Gasteiger partial charge >= 0.3 is 6.18 Å². The molecule has 4 aromatic rings. The number of rotatable bonds is 6. The van der Waals surface area contributed by atoms with Gasteiger partial charge in [-0.1, -0.05) is 30.3 Å². The average Bonchev–Trinajstić information content (AvgIpc) is 2.88. The monoisotopic (exact) mass is 524 g/mol. The number of H-pyrrole nitrogens is 1. The van der Waals surface area contributed by atoms with Crippen molar-refractivity contribution in [3.8, 4) is 28.3 Å². The number of piperazine rings is 1. The van der Waals surface area contributed by atoms with Crippen molar-refractivity contribution in [3.63, 3.8) is 0 Å². The Bertz CT molecular complexity index is 1500. The number of aromatic amines is 1. The first-order chi connectivity index (χ1) is 18.2. The molecule has 3 aromatic heterocycles. The summed E-state index contributed by atoms with van der Waals surface area (Å²) in [5, 5.41) is 0. The highest BCUT2D eigenvalue weighted by molar-refractivity contribution is 5.87. The molecular weight excluding hydrogens is 497 g/mol. The molecule has 0 amide bonds. The van der Waals surface area contributed by atoms with Crippen molar-refractivity contribution < 1.29 is 17.9 Å². The van der Waals surface area contributed by atoms with E-state index in [2.05, 4.69) is 31.8 Å². The van der Waals surface area contributed by atoms with Crippen LogP contribution in [0.3, 0.4) is 0 Å². The van der Waals surface area contributed by atoms with Crippen LogP contribution >= 0.6 is 0 Å². The number of nitrogens with zero attached hydrogens (tertiary/aromatic N) is 5. The van der Waals surface area contributed by atoms with E-state index in [0.29, 0.717) is 24.4 Å². The summed E-state index contributed by atoms with van der Waals surface area (Å²) in [5.41, 5.74) is 0.649. The summed E-state index contributed by atoms with van der Waals surface area (Å²) in [7, 11) is 2.08. The number of hydrogen-bond donors (Lipinski definition) is 1. The zero-order chi connectivity index (χ0) is 26.9. The fraction of sp³-hybridized carbons (Fsp3) is 0.333. The number of aryl methyl sites for hydroxylation is 1. The molecule has 198 valence electrons. The Hall–Kier alpha value is -3.83. The van der Waals surface area contributed by atoms with Gasteiger partial charge in [0, 0.05) is 55.6 Å². The second-order valence-corrected chi connectivity index (χ2v) is 9.36. The summed E-state index contributed by atoms with van der Waals surface area (Å²) in [4.78, 5) is 32.7. The standard InChI is InChI=1S/C27H27F3N6O2/c1-17-14-19(15-21(31-17)27(28,29)30)24-23(18-6-4-3-5-7-18)34-26-25(33-24)20(16-22(37)32-26)38-13-12-36-10-8-35(2)9-11-36/h3-7,14-16H,8-13H2,1-2H3,(H,32,34,37). The molecule has 5 rings (SSSR count). The minimum Gasteiger partial charge on any atom is -0.490 e. The number of ether oxygens (including phenoxy) is 1. The van der Waals surface area contributed by atoms with Gasteiger partial charge in [-0.15, -0.1) is 0 Å². The number of halogens is 3. The highest BCUT2D eigenvalue weighted by Gasteiger charge is 2.33. The Morgan fingerprint density at radius 2 is 1.66 bits per heavy atom. The van der Waals surface area contributed by atoms with Crippen molar-refractivity contribution in [2.75, 3.05) is 46.4 Å². The van der Waals surface area contributed by atoms with E-state index in [-0.39, 0.29) is 33.9 Å². The number of benzene rings is 1. The fourth-order valence-corrected chi connectivity index (χ4v) is 4.45. The first kappa shape index (κ1) is 25.8. The second-order valence-electron chi connectivity index (χ2n) is 9.36. The van der Waals surface area contributed by atoms with Gasteiger partial charge in [-0.3, -0.25) is 9.69 Å². The van der Waals surface area contributed by atoms with Crippen molar-refractivity contribution in [2.24, 2.45) is 0 Å². The van der Waals surface area contributed by atoms with Crippen molar-refractivity contribution in [1.29, 1.82) is 0 Å². The summed E-state index contributed by atoms with van der Waals surface area (Å²) in [6.07, 6.45) is -4.62. The number of alkyl halides is 3. The van der Waals surface area contributed by atoms with E-state index in [1.807, 2.05) is 6.07 Å². The van der Waals surface area contributed by atoms with Crippen LogP contribution in [0.5, 0.6) is 5.75 Å². The Morgan fingerprint density at radius 3 is 2.37 bits per heavy atom. The average molecular weight is 525 g/mol. The largest absolute Gasteiger partial charge is 0.490 e. The lowest BCUT2D eigenvalue weighted by molar-refractivity contribution is -0.141. The third kappa shape index (κ3) is 5.68. The molecule has 0 aliphatic carbocycles.